The van der Waals surface area contributed by atoms with Crippen LogP contribution < -0.4 is 0 Å². The Kier molecular flexibility index (Phi) is 3.25. The van der Waals surface area contributed by atoms with Gasteiger partial charge in [-0.25, -0.2) is 0 Å². The molecule has 0 aliphatic heterocycles. The highest BCUT2D eigenvalue weighted by Gasteiger charge is 2.34. The van der Waals surface area contributed by atoms with Crippen molar-refractivity contribution in [2.45, 2.75) is 59.0 Å². The minimum absolute atomic E-state index is 0.140. The standard InChI is InChI=1S/C15H24O/c1-11-7-9-13(15(11,2)3)10-8-12-5-4-6-14(12)16/h7-8,13-14,16H,4-6,9-10H2,1-3H3/b12-8-. The van der Waals surface area contributed by atoms with Crippen LogP contribution in [0.3, 0.4) is 0 Å². The van der Waals surface area contributed by atoms with Crippen molar-refractivity contribution in [1.29, 1.82) is 0 Å². The van der Waals surface area contributed by atoms with Crippen LogP contribution in [0.2, 0.25) is 0 Å². The molecule has 1 fully saturated rings. The lowest BCUT2D eigenvalue weighted by Gasteiger charge is -2.29. The van der Waals surface area contributed by atoms with E-state index in [0.29, 0.717) is 5.41 Å². The van der Waals surface area contributed by atoms with Gasteiger partial charge in [-0.3, -0.25) is 0 Å². The molecule has 2 rings (SSSR count). The van der Waals surface area contributed by atoms with E-state index in [0.717, 1.165) is 25.2 Å². The van der Waals surface area contributed by atoms with Crippen molar-refractivity contribution in [2.24, 2.45) is 11.3 Å². The topological polar surface area (TPSA) is 20.2 Å². The third kappa shape index (κ3) is 2.10. The maximum atomic E-state index is 9.76. The van der Waals surface area contributed by atoms with Gasteiger partial charge in [0.05, 0.1) is 6.10 Å². The summed E-state index contributed by atoms with van der Waals surface area (Å²) >= 11 is 0. The highest BCUT2D eigenvalue weighted by molar-refractivity contribution is 5.20. The first-order chi connectivity index (χ1) is 7.51. The molecule has 0 aromatic carbocycles. The molecule has 0 aromatic heterocycles. The van der Waals surface area contributed by atoms with Crippen molar-refractivity contribution in [3.8, 4) is 0 Å². The first-order valence-corrected chi connectivity index (χ1v) is 6.56. The fraction of sp³-hybridized carbons (Fsp3) is 0.733. The van der Waals surface area contributed by atoms with Crippen LogP contribution in [0.5, 0.6) is 0 Å². The lowest BCUT2D eigenvalue weighted by molar-refractivity contribution is 0.216. The van der Waals surface area contributed by atoms with Crippen LogP contribution in [-0.4, -0.2) is 11.2 Å². The molecule has 0 amide bonds. The predicted octanol–water partition coefficient (Wildman–Crippen LogP) is 3.84. The molecule has 0 aromatic rings. The molecule has 1 saturated carbocycles. The molecule has 0 saturated heterocycles. The van der Waals surface area contributed by atoms with E-state index < -0.39 is 0 Å². The van der Waals surface area contributed by atoms with Crippen LogP contribution in [0.15, 0.2) is 23.3 Å². The first-order valence-electron chi connectivity index (χ1n) is 6.56. The summed E-state index contributed by atoms with van der Waals surface area (Å²) in [6.07, 6.45) is 10.1. The number of allylic oxidation sites excluding steroid dienone is 3. The summed E-state index contributed by atoms with van der Waals surface area (Å²) in [5.41, 5.74) is 3.17. The molecule has 2 atom stereocenters. The van der Waals surface area contributed by atoms with Gasteiger partial charge in [0.1, 0.15) is 0 Å². The molecule has 2 aliphatic carbocycles. The van der Waals surface area contributed by atoms with Gasteiger partial charge in [0, 0.05) is 0 Å². The summed E-state index contributed by atoms with van der Waals surface area (Å²) in [7, 11) is 0. The summed E-state index contributed by atoms with van der Waals surface area (Å²) < 4.78 is 0. The van der Waals surface area contributed by atoms with E-state index >= 15 is 0 Å². The van der Waals surface area contributed by atoms with Gasteiger partial charge in [-0.15, -0.1) is 0 Å². The molecule has 1 N–H and O–H groups in total. The van der Waals surface area contributed by atoms with Gasteiger partial charge in [0.25, 0.3) is 0 Å². The summed E-state index contributed by atoms with van der Waals surface area (Å²) in [6.45, 7) is 6.94. The third-order valence-corrected chi connectivity index (χ3v) is 4.78. The van der Waals surface area contributed by atoms with Gasteiger partial charge in [-0.05, 0) is 55.9 Å². The van der Waals surface area contributed by atoms with Crippen molar-refractivity contribution in [3.05, 3.63) is 23.3 Å². The van der Waals surface area contributed by atoms with Crippen LogP contribution in [0.25, 0.3) is 0 Å². The van der Waals surface area contributed by atoms with Gasteiger partial charge in [-0.1, -0.05) is 31.6 Å². The molecule has 2 unspecified atom stereocenters. The highest BCUT2D eigenvalue weighted by atomic mass is 16.3. The Balaban J connectivity index is 1.97. The lowest BCUT2D eigenvalue weighted by atomic mass is 9.76. The minimum atomic E-state index is -0.140. The summed E-state index contributed by atoms with van der Waals surface area (Å²) in [5.74, 6) is 0.729. The van der Waals surface area contributed by atoms with E-state index in [2.05, 4.69) is 32.9 Å². The van der Waals surface area contributed by atoms with Crippen molar-refractivity contribution < 1.29 is 5.11 Å². The molecule has 0 radical (unpaired) electrons. The van der Waals surface area contributed by atoms with E-state index in [1.54, 1.807) is 0 Å². The number of aliphatic hydroxyl groups excluding tert-OH is 1. The zero-order valence-electron chi connectivity index (χ0n) is 10.8. The van der Waals surface area contributed by atoms with E-state index in [4.69, 9.17) is 0 Å². The number of hydrogen-bond acceptors (Lipinski definition) is 1. The normalized spacial score (nSPS) is 35.8. The van der Waals surface area contributed by atoms with Crippen LogP contribution >= 0.6 is 0 Å². The van der Waals surface area contributed by atoms with Crippen molar-refractivity contribution in [2.75, 3.05) is 0 Å². The maximum absolute atomic E-state index is 9.76. The zero-order chi connectivity index (χ0) is 11.8. The Morgan fingerprint density at radius 3 is 2.75 bits per heavy atom. The molecule has 0 bridgehead atoms. The van der Waals surface area contributed by atoms with E-state index in [-0.39, 0.29) is 6.10 Å². The highest BCUT2D eigenvalue weighted by Crippen LogP contribution is 2.45. The minimum Gasteiger partial charge on any atom is -0.389 e. The Labute approximate surface area is 99.3 Å². The zero-order valence-corrected chi connectivity index (χ0v) is 10.8. The van der Waals surface area contributed by atoms with E-state index in [9.17, 15) is 5.11 Å². The largest absolute Gasteiger partial charge is 0.389 e. The van der Waals surface area contributed by atoms with Gasteiger partial charge in [-0.2, -0.15) is 0 Å². The second-order valence-electron chi connectivity index (χ2n) is 5.96. The van der Waals surface area contributed by atoms with E-state index in [1.807, 2.05) is 0 Å². The first kappa shape index (κ1) is 11.9. The Morgan fingerprint density at radius 1 is 1.50 bits per heavy atom. The number of aliphatic hydroxyl groups is 1. The second-order valence-corrected chi connectivity index (χ2v) is 5.96. The fourth-order valence-electron chi connectivity index (χ4n) is 2.97. The SMILES string of the molecule is CC1=CCC(C/C=C2/CCCC2O)C1(C)C. The fourth-order valence-corrected chi connectivity index (χ4v) is 2.97. The molecule has 0 heterocycles. The Morgan fingerprint density at radius 2 is 2.25 bits per heavy atom. The summed E-state index contributed by atoms with van der Waals surface area (Å²) in [6, 6.07) is 0. The Bertz CT molecular complexity index is 322. The lowest BCUT2D eigenvalue weighted by Crippen LogP contribution is -2.20. The molecule has 16 heavy (non-hydrogen) atoms. The Hall–Kier alpha value is -0.560. The summed E-state index contributed by atoms with van der Waals surface area (Å²) in [5, 5.41) is 9.76. The molecule has 1 nitrogen and oxygen atoms in total. The average Bonchev–Trinajstić information content (AvgIpc) is 2.72. The van der Waals surface area contributed by atoms with E-state index in [1.165, 1.54) is 24.0 Å². The predicted molar refractivity (Wildman–Crippen MR) is 68.2 cm³/mol. The molecule has 0 spiro atoms. The smallest absolute Gasteiger partial charge is 0.0750 e. The second kappa shape index (κ2) is 4.37. The number of hydrogen-bond donors (Lipinski definition) is 1. The maximum Gasteiger partial charge on any atom is 0.0750 e. The van der Waals surface area contributed by atoms with Crippen LogP contribution in [-0.2, 0) is 0 Å². The van der Waals surface area contributed by atoms with Gasteiger partial charge in [0.2, 0.25) is 0 Å². The van der Waals surface area contributed by atoms with Crippen molar-refractivity contribution in [1.82, 2.24) is 0 Å². The third-order valence-electron chi connectivity index (χ3n) is 4.78. The molecule has 1 heteroatoms. The van der Waals surface area contributed by atoms with Crippen LogP contribution in [0.1, 0.15) is 52.9 Å². The molecule has 90 valence electrons. The van der Waals surface area contributed by atoms with Gasteiger partial charge in [0.15, 0.2) is 0 Å². The van der Waals surface area contributed by atoms with Gasteiger partial charge < -0.3 is 5.11 Å². The average molecular weight is 220 g/mol. The number of rotatable bonds is 2. The molecule has 2 aliphatic rings. The van der Waals surface area contributed by atoms with Crippen LogP contribution in [0, 0.1) is 11.3 Å². The molecular formula is C15H24O. The van der Waals surface area contributed by atoms with Crippen molar-refractivity contribution in [3.63, 3.8) is 0 Å². The quantitative estimate of drug-likeness (QED) is 0.701. The van der Waals surface area contributed by atoms with Crippen molar-refractivity contribution >= 4 is 0 Å². The van der Waals surface area contributed by atoms with Gasteiger partial charge >= 0.3 is 0 Å². The molecular weight excluding hydrogens is 196 g/mol. The summed E-state index contributed by atoms with van der Waals surface area (Å²) in [4.78, 5) is 0. The van der Waals surface area contributed by atoms with Crippen LogP contribution in [0.4, 0.5) is 0 Å². The monoisotopic (exact) mass is 220 g/mol.